The van der Waals surface area contributed by atoms with E-state index < -0.39 is 0 Å². The van der Waals surface area contributed by atoms with Crippen molar-refractivity contribution >= 4 is 40.9 Å². The molecule has 1 atom stereocenters. The molecule has 4 rings (SSSR count). The number of aromatic nitrogens is 2. The Kier molecular flexibility index (Phi) is 8.72. The summed E-state index contributed by atoms with van der Waals surface area (Å²) in [6.45, 7) is 2.77. The van der Waals surface area contributed by atoms with Gasteiger partial charge in [0.25, 0.3) is 0 Å². The first-order valence-corrected chi connectivity index (χ1v) is 12.9. The van der Waals surface area contributed by atoms with Gasteiger partial charge in [-0.05, 0) is 61.9 Å². The van der Waals surface area contributed by atoms with Crippen molar-refractivity contribution < 1.29 is 13.7 Å². The van der Waals surface area contributed by atoms with E-state index in [9.17, 15) is 4.79 Å². The summed E-state index contributed by atoms with van der Waals surface area (Å²) >= 11 is 14.0. The summed E-state index contributed by atoms with van der Waals surface area (Å²) < 4.78 is 10.8. The number of nitrogens with zero attached hydrogens (tertiary/aromatic N) is 3. The second kappa shape index (κ2) is 11.9. The SMILES string of the molecule is O=C(NCCCSCc1ccco1)C1CCCN(Cc2nc(-c3ccc(Cl)cc3Cl)no2)C1. The minimum absolute atomic E-state index is 0.0253. The van der Waals surface area contributed by atoms with Crippen LogP contribution in [0.4, 0.5) is 0 Å². The van der Waals surface area contributed by atoms with E-state index in [4.69, 9.17) is 32.1 Å². The van der Waals surface area contributed by atoms with Gasteiger partial charge in [-0.3, -0.25) is 9.69 Å². The van der Waals surface area contributed by atoms with E-state index in [0.29, 0.717) is 47.0 Å². The number of rotatable bonds is 10. The molecule has 0 radical (unpaired) electrons. The van der Waals surface area contributed by atoms with Gasteiger partial charge in [-0.15, -0.1) is 0 Å². The summed E-state index contributed by atoms with van der Waals surface area (Å²) in [6.07, 6.45) is 4.48. The van der Waals surface area contributed by atoms with E-state index in [-0.39, 0.29) is 11.8 Å². The molecule has 176 valence electrons. The van der Waals surface area contributed by atoms with Crippen LogP contribution < -0.4 is 5.32 Å². The molecule has 1 aliphatic heterocycles. The zero-order chi connectivity index (χ0) is 23.0. The Morgan fingerprint density at radius 2 is 2.21 bits per heavy atom. The number of likely N-dealkylation sites (tertiary alicyclic amines) is 1. The Labute approximate surface area is 207 Å². The predicted molar refractivity (Wildman–Crippen MR) is 130 cm³/mol. The molecule has 0 aliphatic carbocycles. The van der Waals surface area contributed by atoms with Crippen molar-refractivity contribution in [3.05, 3.63) is 58.3 Å². The molecule has 0 spiro atoms. The number of piperidine rings is 1. The van der Waals surface area contributed by atoms with Gasteiger partial charge in [0.05, 0.1) is 29.5 Å². The first kappa shape index (κ1) is 24.1. The molecule has 7 nitrogen and oxygen atoms in total. The van der Waals surface area contributed by atoms with Crippen molar-refractivity contribution in [3.63, 3.8) is 0 Å². The van der Waals surface area contributed by atoms with Crippen molar-refractivity contribution in [1.82, 2.24) is 20.4 Å². The molecule has 3 heterocycles. The van der Waals surface area contributed by atoms with E-state index in [2.05, 4.69) is 20.4 Å². The maximum Gasteiger partial charge on any atom is 0.241 e. The minimum atomic E-state index is -0.0253. The van der Waals surface area contributed by atoms with Crippen LogP contribution in [0, 0.1) is 5.92 Å². The standard InChI is InChI=1S/C23H26Cl2N4O3S/c24-17-6-7-19(20(25)12-17)22-27-21(32-28-22)14-29-9-1-4-16(13-29)23(30)26-8-3-11-33-15-18-5-2-10-31-18/h2,5-7,10,12,16H,1,3-4,8-9,11,13-15H2,(H,26,30). The highest BCUT2D eigenvalue weighted by Crippen LogP contribution is 2.28. The van der Waals surface area contributed by atoms with Crippen molar-refractivity contribution in [2.24, 2.45) is 5.92 Å². The lowest BCUT2D eigenvalue weighted by Crippen LogP contribution is -2.43. The van der Waals surface area contributed by atoms with Gasteiger partial charge >= 0.3 is 0 Å². The van der Waals surface area contributed by atoms with E-state index in [1.165, 1.54) is 0 Å². The highest BCUT2D eigenvalue weighted by molar-refractivity contribution is 7.98. The maximum absolute atomic E-state index is 12.6. The molecular weight excluding hydrogens is 483 g/mol. The summed E-state index contributed by atoms with van der Waals surface area (Å²) in [4.78, 5) is 19.3. The Bertz CT molecular complexity index is 1040. The number of halogens is 2. The number of carbonyl (C=O) groups excluding carboxylic acids is 1. The Morgan fingerprint density at radius 3 is 3.03 bits per heavy atom. The molecule has 1 unspecified atom stereocenters. The second-order valence-corrected chi connectivity index (χ2v) is 9.94. The van der Waals surface area contributed by atoms with Gasteiger partial charge in [0, 0.05) is 23.7 Å². The van der Waals surface area contributed by atoms with Crippen LogP contribution >= 0.6 is 35.0 Å². The summed E-state index contributed by atoms with van der Waals surface area (Å²) in [5.41, 5.74) is 0.675. The lowest BCUT2D eigenvalue weighted by Gasteiger charge is -2.30. The van der Waals surface area contributed by atoms with Crippen LogP contribution in [-0.4, -0.2) is 46.3 Å². The number of hydrogen-bond acceptors (Lipinski definition) is 7. The average molecular weight is 509 g/mol. The highest BCUT2D eigenvalue weighted by Gasteiger charge is 2.26. The third-order valence-electron chi connectivity index (χ3n) is 5.46. The highest BCUT2D eigenvalue weighted by atomic mass is 35.5. The van der Waals surface area contributed by atoms with Crippen LogP contribution in [0.1, 0.15) is 30.9 Å². The van der Waals surface area contributed by atoms with Crippen LogP contribution in [0.2, 0.25) is 10.0 Å². The lowest BCUT2D eigenvalue weighted by molar-refractivity contribution is -0.126. The molecule has 1 aromatic carbocycles. The molecule has 1 saturated heterocycles. The fourth-order valence-electron chi connectivity index (χ4n) is 3.80. The fourth-order valence-corrected chi connectivity index (χ4v) is 5.15. The largest absolute Gasteiger partial charge is 0.468 e. The predicted octanol–water partition coefficient (Wildman–Crippen LogP) is 5.29. The average Bonchev–Trinajstić information content (AvgIpc) is 3.48. The number of thioether (sulfide) groups is 1. The number of carbonyl (C=O) groups is 1. The molecule has 33 heavy (non-hydrogen) atoms. The number of furan rings is 1. The molecule has 1 fully saturated rings. The Balaban J connectivity index is 1.20. The summed E-state index contributed by atoms with van der Waals surface area (Å²) in [5, 5.41) is 8.17. The minimum Gasteiger partial charge on any atom is -0.468 e. The molecule has 1 aliphatic rings. The van der Waals surface area contributed by atoms with Gasteiger partial charge in [-0.25, -0.2) is 0 Å². The maximum atomic E-state index is 12.6. The lowest BCUT2D eigenvalue weighted by atomic mass is 9.97. The van der Waals surface area contributed by atoms with E-state index in [0.717, 1.165) is 43.1 Å². The quantitative estimate of drug-likeness (QED) is 0.372. The second-order valence-electron chi connectivity index (χ2n) is 7.99. The van der Waals surface area contributed by atoms with Gasteiger partial charge in [-0.2, -0.15) is 16.7 Å². The van der Waals surface area contributed by atoms with Gasteiger partial charge in [0.15, 0.2) is 0 Å². The van der Waals surface area contributed by atoms with Crippen LogP contribution in [0.25, 0.3) is 11.4 Å². The number of nitrogens with one attached hydrogen (secondary N) is 1. The van der Waals surface area contributed by atoms with Crippen molar-refractivity contribution in [2.75, 3.05) is 25.4 Å². The van der Waals surface area contributed by atoms with Crippen LogP contribution in [0.15, 0.2) is 45.5 Å². The molecule has 1 N–H and O–H groups in total. The van der Waals surface area contributed by atoms with E-state index in [1.807, 2.05) is 23.9 Å². The van der Waals surface area contributed by atoms with Crippen LogP contribution in [0.5, 0.6) is 0 Å². The zero-order valence-corrected chi connectivity index (χ0v) is 20.5. The third-order valence-corrected chi connectivity index (χ3v) is 7.08. The van der Waals surface area contributed by atoms with E-state index in [1.54, 1.807) is 24.5 Å². The summed E-state index contributed by atoms with van der Waals surface area (Å²) in [7, 11) is 0. The monoisotopic (exact) mass is 508 g/mol. The van der Waals surface area contributed by atoms with Crippen molar-refractivity contribution in [2.45, 2.75) is 31.6 Å². The van der Waals surface area contributed by atoms with E-state index >= 15 is 0 Å². The van der Waals surface area contributed by atoms with Gasteiger partial charge in [-0.1, -0.05) is 28.4 Å². The first-order chi connectivity index (χ1) is 16.1. The molecule has 2 aromatic heterocycles. The van der Waals surface area contributed by atoms with Crippen molar-refractivity contribution in [1.29, 1.82) is 0 Å². The zero-order valence-electron chi connectivity index (χ0n) is 18.1. The summed E-state index contributed by atoms with van der Waals surface area (Å²) in [6, 6.07) is 9.04. The fraction of sp³-hybridized carbons (Fsp3) is 0.435. The van der Waals surface area contributed by atoms with Gasteiger partial charge in [0.2, 0.25) is 17.6 Å². The van der Waals surface area contributed by atoms with Crippen LogP contribution in [-0.2, 0) is 17.1 Å². The van der Waals surface area contributed by atoms with Crippen LogP contribution in [0.3, 0.4) is 0 Å². The van der Waals surface area contributed by atoms with Gasteiger partial charge < -0.3 is 14.3 Å². The third kappa shape index (κ3) is 6.99. The number of hydrogen-bond donors (Lipinski definition) is 1. The number of benzene rings is 1. The van der Waals surface area contributed by atoms with Crippen molar-refractivity contribution in [3.8, 4) is 11.4 Å². The molecule has 1 amide bonds. The molecule has 10 heteroatoms. The smallest absolute Gasteiger partial charge is 0.241 e. The molecule has 0 bridgehead atoms. The Hall–Kier alpha value is -2.00. The normalized spacial score (nSPS) is 16.7. The number of amides is 1. The topological polar surface area (TPSA) is 84.4 Å². The molecule has 3 aromatic rings. The molecular formula is C23H26Cl2N4O3S. The Morgan fingerprint density at radius 1 is 1.30 bits per heavy atom. The molecule has 0 saturated carbocycles. The first-order valence-electron chi connectivity index (χ1n) is 11.0. The summed E-state index contributed by atoms with van der Waals surface area (Å²) in [5.74, 6) is 3.86. The van der Waals surface area contributed by atoms with Gasteiger partial charge in [0.1, 0.15) is 5.76 Å².